The van der Waals surface area contributed by atoms with Gasteiger partial charge in [0.05, 0.1) is 14.2 Å². The second-order valence-corrected chi connectivity index (χ2v) is 6.22. The standard InChI is InChI=1S/C10H20O3.C10H18O3/c2*1-13-10(12)8-6-4-2-3-5-7-9-11/h11H,2-9H2,1H3;9H,2-8H2,1H3. The van der Waals surface area contributed by atoms with Gasteiger partial charge >= 0.3 is 11.9 Å². The van der Waals surface area contributed by atoms with E-state index in [1.54, 1.807) is 0 Å². The molecule has 0 aliphatic carbocycles. The Morgan fingerprint density at radius 3 is 1.46 bits per heavy atom. The summed E-state index contributed by atoms with van der Waals surface area (Å²) >= 11 is 0. The van der Waals surface area contributed by atoms with Gasteiger partial charge in [0.2, 0.25) is 0 Å². The highest BCUT2D eigenvalue weighted by Crippen LogP contribution is 2.07. The zero-order valence-corrected chi connectivity index (χ0v) is 16.7. The number of esters is 2. The van der Waals surface area contributed by atoms with Crippen molar-refractivity contribution in [3.05, 3.63) is 0 Å². The Kier molecular flexibility index (Phi) is 24.3. The van der Waals surface area contributed by atoms with Gasteiger partial charge in [0, 0.05) is 25.9 Å². The predicted octanol–water partition coefficient (Wildman–Crippen LogP) is 3.97. The number of unbranched alkanes of at least 4 members (excludes halogenated alkanes) is 10. The first kappa shape index (κ1) is 26.8. The molecule has 0 heterocycles. The molecule has 0 aliphatic heterocycles. The van der Waals surface area contributed by atoms with Crippen molar-refractivity contribution in [2.75, 3.05) is 20.8 Å². The van der Waals surface area contributed by atoms with E-state index in [0.717, 1.165) is 76.9 Å². The van der Waals surface area contributed by atoms with Crippen LogP contribution in [-0.2, 0) is 23.9 Å². The molecule has 0 aromatic carbocycles. The molecule has 0 atom stereocenters. The first-order valence-corrected chi connectivity index (χ1v) is 9.80. The minimum absolute atomic E-state index is 0.115. The van der Waals surface area contributed by atoms with E-state index in [9.17, 15) is 14.4 Å². The van der Waals surface area contributed by atoms with Gasteiger partial charge in [0.25, 0.3) is 0 Å². The molecule has 154 valence electrons. The summed E-state index contributed by atoms with van der Waals surface area (Å²) in [7, 11) is 2.83. The van der Waals surface area contributed by atoms with Gasteiger partial charge in [-0.05, 0) is 25.7 Å². The molecule has 0 aliphatic rings. The van der Waals surface area contributed by atoms with Crippen LogP contribution in [0.5, 0.6) is 0 Å². The molecular formula is C20H38O6. The Bertz CT molecular complexity index is 330. The van der Waals surface area contributed by atoms with Crippen LogP contribution in [0.4, 0.5) is 0 Å². The zero-order valence-electron chi connectivity index (χ0n) is 16.7. The Morgan fingerprint density at radius 1 is 0.692 bits per heavy atom. The number of carbonyl (C=O) groups excluding carboxylic acids is 3. The van der Waals surface area contributed by atoms with Crippen molar-refractivity contribution in [3.8, 4) is 0 Å². The quantitative estimate of drug-likeness (QED) is 0.250. The van der Waals surface area contributed by atoms with Crippen molar-refractivity contribution >= 4 is 18.2 Å². The number of hydrogen-bond acceptors (Lipinski definition) is 6. The largest absolute Gasteiger partial charge is 0.469 e. The monoisotopic (exact) mass is 374 g/mol. The van der Waals surface area contributed by atoms with Gasteiger partial charge < -0.3 is 19.4 Å². The Balaban J connectivity index is 0. The summed E-state index contributed by atoms with van der Waals surface area (Å²) in [6.45, 7) is 0.294. The fraction of sp³-hybridized carbons (Fsp3) is 0.850. The average Bonchev–Trinajstić information content (AvgIpc) is 2.66. The third kappa shape index (κ3) is 24.8. The highest BCUT2D eigenvalue weighted by molar-refractivity contribution is 5.69. The fourth-order valence-electron chi connectivity index (χ4n) is 2.32. The smallest absolute Gasteiger partial charge is 0.305 e. The summed E-state index contributed by atoms with van der Waals surface area (Å²) in [5.74, 6) is -0.247. The second-order valence-electron chi connectivity index (χ2n) is 6.22. The summed E-state index contributed by atoms with van der Waals surface area (Å²) in [5.41, 5.74) is 0. The number of aliphatic hydroxyl groups excluding tert-OH is 1. The molecule has 0 amide bonds. The predicted molar refractivity (Wildman–Crippen MR) is 102 cm³/mol. The fourth-order valence-corrected chi connectivity index (χ4v) is 2.32. The third-order valence-corrected chi connectivity index (χ3v) is 3.95. The molecule has 26 heavy (non-hydrogen) atoms. The van der Waals surface area contributed by atoms with Gasteiger partial charge in [-0.15, -0.1) is 0 Å². The number of hydrogen-bond donors (Lipinski definition) is 1. The molecule has 6 heteroatoms. The van der Waals surface area contributed by atoms with E-state index < -0.39 is 0 Å². The molecule has 6 nitrogen and oxygen atoms in total. The lowest BCUT2D eigenvalue weighted by atomic mass is 10.1. The summed E-state index contributed by atoms with van der Waals surface area (Å²) < 4.78 is 9.03. The van der Waals surface area contributed by atoms with Crippen LogP contribution >= 0.6 is 0 Å². The Morgan fingerprint density at radius 2 is 1.08 bits per heavy atom. The van der Waals surface area contributed by atoms with Crippen molar-refractivity contribution in [1.82, 2.24) is 0 Å². The maximum absolute atomic E-state index is 10.7. The third-order valence-electron chi connectivity index (χ3n) is 3.95. The van der Waals surface area contributed by atoms with Gasteiger partial charge in [-0.25, -0.2) is 0 Å². The van der Waals surface area contributed by atoms with Crippen LogP contribution in [0.1, 0.15) is 89.9 Å². The van der Waals surface area contributed by atoms with Gasteiger partial charge in [0.15, 0.2) is 0 Å². The molecule has 0 aromatic rings. The van der Waals surface area contributed by atoms with Crippen molar-refractivity contribution in [3.63, 3.8) is 0 Å². The topological polar surface area (TPSA) is 89.9 Å². The van der Waals surface area contributed by atoms with Gasteiger partial charge in [0.1, 0.15) is 6.29 Å². The van der Waals surface area contributed by atoms with E-state index in [-0.39, 0.29) is 11.9 Å². The average molecular weight is 375 g/mol. The molecular weight excluding hydrogens is 336 g/mol. The van der Waals surface area contributed by atoms with Crippen LogP contribution in [0.2, 0.25) is 0 Å². The van der Waals surface area contributed by atoms with Gasteiger partial charge in [-0.1, -0.05) is 44.9 Å². The van der Waals surface area contributed by atoms with Crippen molar-refractivity contribution in [2.45, 2.75) is 89.9 Å². The summed E-state index contributed by atoms with van der Waals surface area (Å²) in [4.78, 5) is 31.3. The van der Waals surface area contributed by atoms with E-state index >= 15 is 0 Å². The molecule has 0 unspecified atom stereocenters. The second kappa shape index (κ2) is 23.6. The molecule has 0 saturated carbocycles. The molecule has 0 rings (SSSR count). The van der Waals surface area contributed by atoms with Crippen molar-refractivity contribution in [1.29, 1.82) is 0 Å². The minimum atomic E-state index is -0.132. The molecule has 0 bridgehead atoms. The van der Waals surface area contributed by atoms with Crippen LogP contribution < -0.4 is 0 Å². The summed E-state index contributed by atoms with van der Waals surface area (Å²) in [6.07, 6.45) is 14.1. The van der Waals surface area contributed by atoms with Crippen LogP contribution in [0.15, 0.2) is 0 Å². The maximum Gasteiger partial charge on any atom is 0.305 e. The van der Waals surface area contributed by atoms with Crippen LogP contribution in [0.25, 0.3) is 0 Å². The first-order chi connectivity index (χ1) is 12.6. The highest BCUT2D eigenvalue weighted by atomic mass is 16.5. The van der Waals surface area contributed by atoms with Gasteiger partial charge in [-0.2, -0.15) is 0 Å². The molecule has 0 spiro atoms. The summed E-state index contributed by atoms with van der Waals surface area (Å²) in [5, 5.41) is 8.51. The van der Waals surface area contributed by atoms with Crippen LogP contribution in [0, 0.1) is 0 Å². The SMILES string of the molecule is COC(=O)CCCCCCCC=O.COC(=O)CCCCCCCCO. The number of aldehydes is 1. The maximum atomic E-state index is 10.7. The van der Waals surface area contributed by atoms with E-state index in [2.05, 4.69) is 9.47 Å². The highest BCUT2D eigenvalue weighted by Gasteiger charge is 1.99. The lowest BCUT2D eigenvalue weighted by Crippen LogP contribution is -1.99. The Hall–Kier alpha value is -1.43. The number of ether oxygens (including phenoxy) is 2. The molecule has 0 aromatic heterocycles. The van der Waals surface area contributed by atoms with Crippen molar-refractivity contribution in [2.24, 2.45) is 0 Å². The number of carbonyl (C=O) groups is 3. The van der Waals surface area contributed by atoms with Crippen molar-refractivity contribution < 1.29 is 29.0 Å². The Labute approximate surface area is 158 Å². The lowest BCUT2D eigenvalue weighted by molar-refractivity contribution is -0.141. The van der Waals surface area contributed by atoms with Crippen LogP contribution in [-0.4, -0.2) is 44.2 Å². The summed E-state index contributed by atoms with van der Waals surface area (Å²) in [6, 6.07) is 0. The molecule has 0 saturated heterocycles. The molecule has 0 fully saturated rings. The van der Waals surface area contributed by atoms with Crippen LogP contribution in [0.3, 0.4) is 0 Å². The van der Waals surface area contributed by atoms with E-state index in [4.69, 9.17) is 5.11 Å². The number of rotatable bonds is 16. The van der Waals surface area contributed by atoms with E-state index in [1.165, 1.54) is 14.2 Å². The van der Waals surface area contributed by atoms with Gasteiger partial charge in [-0.3, -0.25) is 9.59 Å². The molecule has 1 N–H and O–H groups in total. The van der Waals surface area contributed by atoms with E-state index in [0.29, 0.717) is 25.9 Å². The minimum Gasteiger partial charge on any atom is -0.469 e. The normalized spacial score (nSPS) is 9.81. The number of methoxy groups -OCH3 is 2. The lowest BCUT2D eigenvalue weighted by Gasteiger charge is -2.00. The first-order valence-electron chi connectivity index (χ1n) is 9.80. The number of aliphatic hydroxyl groups is 1. The zero-order chi connectivity index (χ0) is 19.9. The van der Waals surface area contributed by atoms with E-state index in [1.807, 2.05) is 0 Å². The molecule has 0 radical (unpaired) electrons.